The first-order chi connectivity index (χ1) is 10.0. The molecular weight excluding hydrogens is 275 g/mol. The fraction of sp³-hybridized carbons (Fsp3) is 0.467. The molecule has 1 N–H and O–H groups in total. The first-order valence-corrected chi connectivity index (χ1v) is 6.86. The van der Waals surface area contributed by atoms with Crippen molar-refractivity contribution >= 4 is 17.5 Å². The van der Waals surface area contributed by atoms with E-state index in [1.165, 1.54) is 18.2 Å². The number of hydrogen-bond acceptors (Lipinski definition) is 3. The molecule has 5 nitrogen and oxygen atoms in total. The Morgan fingerprint density at radius 3 is 3.00 bits per heavy atom. The number of likely N-dealkylation sites (tertiary alicyclic amines) is 1. The van der Waals surface area contributed by atoms with Crippen LogP contribution in [0, 0.1) is 11.7 Å². The zero-order chi connectivity index (χ0) is 15.4. The van der Waals surface area contributed by atoms with Gasteiger partial charge in [0.05, 0.1) is 18.6 Å². The molecule has 0 bridgehead atoms. The molecule has 0 spiro atoms. The molecule has 0 saturated carbocycles. The van der Waals surface area contributed by atoms with E-state index in [4.69, 9.17) is 4.74 Å². The third-order valence-corrected chi connectivity index (χ3v) is 3.56. The molecule has 0 aromatic heterocycles. The fourth-order valence-corrected chi connectivity index (χ4v) is 2.47. The molecule has 1 aliphatic rings. The van der Waals surface area contributed by atoms with E-state index in [9.17, 15) is 14.0 Å². The quantitative estimate of drug-likeness (QED) is 0.898. The molecule has 1 aromatic carbocycles. The lowest BCUT2D eigenvalue weighted by molar-refractivity contribution is -0.130. The lowest BCUT2D eigenvalue weighted by Gasteiger charge is -2.23. The average molecular weight is 294 g/mol. The van der Waals surface area contributed by atoms with Crippen molar-refractivity contribution in [2.75, 3.05) is 25.6 Å². The van der Waals surface area contributed by atoms with E-state index >= 15 is 0 Å². The number of anilines is 1. The van der Waals surface area contributed by atoms with Gasteiger partial charge in [0.1, 0.15) is 5.82 Å². The van der Waals surface area contributed by atoms with Gasteiger partial charge in [0, 0.05) is 25.8 Å². The number of ether oxygens (including phenoxy) is 1. The van der Waals surface area contributed by atoms with Crippen LogP contribution in [0.4, 0.5) is 10.1 Å². The lowest BCUT2D eigenvalue weighted by atomic mass is 10.1. The molecule has 1 aromatic rings. The van der Waals surface area contributed by atoms with Crippen LogP contribution in [0.15, 0.2) is 24.3 Å². The summed E-state index contributed by atoms with van der Waals surface area (Å²) in [7, 11) is 1.57. The Hall–Kier alpha value is -1.95. The predicted molar refractivity (Wildman–Crippen MR) is 76.2 cm³/mol. The van der Waals surface area contributed by atoms with Gasteiger partial charge >= 0.3 is 0 Å². The third-order valence-electron chi connectivity index (χ3n) is 3.56. The summed E-state index contributed by atoms with van der Waals surface area (Å²) in [6.07, 6.45) is 0.176. The van der Waals surface area contributed by atoms with Gasteiger partial charge in [-0.2, -0.15) is 0 Å². The van der Waals surface area contributed by atoms with Crippen molar-refractivity contribution in [2.45, 2.75) is 19.4 Å². The Morgan fingerprint density at radius 1 is 1.57 bits per heavy atom. The maximum atomic E-state index is 13.1. The summed E-state index contributed by atoms with van der Waals surface area (Å²) in [5.41, 5.74) is 0.399. The molecule has 1 saturated heterocycles. The zero-order valence-electron chi connectivity index (χ0n) is 12.1. The van der Waals surface area contributed by atoms with Crippen LogP contribution in [0.5, 0.6) is 0 Å². The standard InChI is InChI=1S/C15H19FN2O3/c1-10(9-21-2)18-8-11(6-14(18)19)15(20)17-13-5-3-4-12(16)7-13/h3-5,7,10-11H,6,8-9H2,1-2H3,(H,17,20)/t10-,11-/m1/s1. The van der Waals surface area contributed by atoms with Gasteiger partial charge < -0.3 is 15.0 Å². The van der Waals surface area contributed by atoms with Crippen LogP contribution in [-0.4, -0.2) is 43.0 Å². The summed E-state index contributed by atoms with van der Waals surface area (Å²) in [4.78, 5) is 25.7. The SMILES string of the molecule is COC[C@@H](C)N1C[C@H](C(=O)Nc2cccc(F)c2)CC1=O. The molecule has 1 fully saturated rings. The number of benzene rings is 1. The molecule has 0 aliphatic carbocycles. The second kappa shape index (κ2) is 6.67. The molecule has 2 rings (SSSR count). The highest BCUT2D eigenvalue weighted by atomic mass is 19.1. The van der Waals surface area contributed by atoms with Crippen molar-refractivity contribution in [2.24, 2.45) is 5.92 Å². The smallest absolute Gasteiger partial charge is 0.229 e. The van der Waals surface area contributed by atoms with Gasteiger partial charge in [0.25, 0.3) is 0 Å². The maximum Gasteiger partial charge on any atom is 0.229 e. The summed E-state index contributed by atoms with van der Waals surface area (Å²) in [5, 5.41) is 2.65. The molecule has 0 unspecified atom stereocenters. The number of halogens is 1. The predicted octanol–water partition coefficient (Wildman–Crippen LogP) is 1.65. The Kier molecular flexibility index (Phi) is 4.90. The minimum absolute atomic E-state index is 0.0565. The van der Waals surface area contributed by atoms with Crippen LogP contribution < -0.4 is 5.32 Å². The molecular formula is C15H19FN2O3. The van der Waals surface area contributed by atoms with E-state index in [2.05, 4.69) is 5.32 Å². The van der Waals surface area contributed by atoms with Gasteiger partial charge in [-0.25, -0.2) is 4.39 Å². The Morgan fingerprint density at radius 2 is 2.33 bits per heavy atom. The second-order valence-electron chi connectivity index (χ2n) is 5.25. The molecule has 1 aliphatic heterocycles. The van der Waals surface area contributed by atoms with Crippen LogP contribution in [-0.2, 0) is 14.3 Å². The number of hydrogen-bond donors (Lipinski definition) is 1. The monoisotopic (exact) mass is 294 g/mol. The number of amides is 2. The number of carbonyl (C=O) groups excluding carboxylic acids is 2. The van der Waals surface area contributed by atoms with Gasteiger partial charge in [-0.3, -0.25) is 9.59 Å². The topological polar surface area (TPSA) is 58.6 Å². The van der Waals surface area contributed by atoms with Crippen LogP contribution in [0.2, 0.25) is 0 Å². The molecule has 1 heterocycles. The van der Waals surface area contributed by atoms with E-state index in [0.29, 0.717) is 18.8 Å². The highest BCUT2D eigenvalue weighted by Crippen LogP contribution is 2.22. The Balaban J connectivity index is 1.97. The van der Waals surface area contributed by atoms with Gasteiger partial charge in [-0.15, -0.1) is 0 Å². The first-order valence-electron chi connectivity index (χ1n) is 6.86. The zero-order valence-corrected chi connectivity index (χ0v) is 12.1. The summed E-state index contributed by atoms with van der Waals surface area (Å²) >= 11 is 0. The largest absolute Gasteiger partial charge is 0.383 e. The molecule has 6 heteroatoms. The highest BCUT2D eigenvalue weighted by Gasteiger charge is 2.36. The van der Waals surface area contributed by atoms with E-state index < -0.39 is 11.7 Å². The van der Waals surface area contributed by atoms with E-state index in [1.807, 2.05) is 6.92 Å². The molecule has 2 atom stereocenters. The summed E-state index contributed by atoms with van der Waals surface area (Å²) < 4.78 is 18.1. The molecule has 0 radical (unpaired) electrons. The molecule has 21 heavy (non-hydrogen) atoms. The minimum Gasteiger partial charge on any atom is -0.383 e. The van der Waals surface area contributed by atoms with Gasteiger partial charge in [0.15, 0.2) is 0 Å². The van der Waals surface area contributed by atoms with E-state index in [1.54, 1.807) is 18.1 Å². The van der Waals surface area contributed by atoms with Gasteiger partial charge in [0.2, 0.25) is 11.8 Å². The van der Waals surface area contributed by atoms with Crippen LogP contribution in [0.1, 0.15) is 13.3 Å². The van der Waals surface area contributed by atoms with Crippen molar-refractivity contribution in [3.63, 3.8) is 0 Å². The normalized spacial score (nSPS) is 19.7. The third kappa shape index (κ3) is 3.78. The lowest BCUT2D eigenvalue weighted by Crippen LogP contribution is -2.38. The highest BCUT2D eigenvalue weighted by molar-refractivity contribution is 5.97. The number of methoxy groups -OCH3 is 1. The second-order valence-corrected chi connectivity index (χ2v) is 5.25. The number of carbonyl (C=O) groups is 2. The molecule has 114 valence electrons. The van der Waals surface area contributed by atoms with Crippen molar-refractivity contribution < 1.29 is 18.7 Å². The van der Waals surface area contributed by atoms with E-state index in [-0.39, 0.29) is 24.3 Å². The van der Waals surface area contributed by atoms with Gasteiger partial charge in [-0.1, -0.05) is 6.07 Å². The van der Waals surface area contributed by atoms with Crippen molar-refractivity contribution in [3.8, 4) is 0 Å². The summed E-state index contributed by atoms with van der Waals surface area (Å²) in [6.45, 7) is 2.68. The maximum absolute atomic E-state index is 13.1. The number of nitrogens with zero attached hydrogens (tertiary/aromatic N) is 1. The van der Waals surface area contributed by atoms with Crippen molar-refractivity contribution in [1.29, 1.82) is 0 Å². The first kappa shape index (κ1) is 15.4. The fourth-order valence-electron chi connectivity index (χ4n) is 2.47. The average Bonchev–Trinajstić information content (AvgIpc) is 2.81. The van der Waals surface area contributed by atoms with Crippen molar-refractivity contribution in [3.05, 3.63) is 30.1 Å². The Bertz CT molecular complexity index is 535. The number of rotatable bonds is 5. The number of nitrogens with one attached hydrogen (secondary N) is 1. The van der Waals surface area contributed by atoms with E-state index in [0.717, 1.165) is 0 Å². The minimum atomic E-state index is -0.417. The summed E-state index contributed by atoms with van der Waals surface area (Å²) in [6, 6.07) is 5.64. The molecule has 2 amide bonds. The van der Waals surface area contributed by atoms with Crippen LogP contribution in [0.25, 0.3) is 0 Å². The van der Waals surface area contributed by atoms with Crippen LogP contribution >= 0.6 is 0 Å². The van der Waals surface area contributed by atoms with Crippen molar-refractivity contribution in [1.82, 2.24) is 4.90 Å². The Labute approximate surface area is 123 Å². The van der Waals surface area contributed by atoms with Crippen LogP contribution in [0.3, 0.4) is 0 Å². The summed E-state index contributed by atoms with van der Waals surface area (Å²) in [5.74, 6) is -1.15. The van der Waals surface area contributed by atoms with Gasteiger partial charge in [-0.05, 0) is 25.1 Å².